The second-order valence-electron chi connectivity index (χ2n) is 5.78. The van der Waals surface area contributed by atoms with Gasteiger partial charge >= 0.3 is 0 Å². The van der Waals surface area contributed by atoms with Gasteiger partial charge in [0.05, 0.1) is 11.4 Å². The van der Waals surface area contributed by atoms with Gasteiger partial charge in [-0.1, -0.05) is 40.0 Å². The smallest absolute Gasteiger partial charge is 0.242 e. The maximum absolute atomic E-state index is 4.39. The summed E-state index contributed by atoms with van der Waals surface area (Å²) in [5.41, 5.74) is 2.11. The molecule has 0 aliphatic rings. The minimum Gasteiger partial charge on any atom is -0.352 e. The highest BCUT2D eigenvalue weighted by Gasteiger charge is 2.17. The minimum absolute atomic E-state index is 0.275. The highest BCUT2D eigenvalue weighted by molar-refractivity contribution is 5.24. The highest BCUT2D eigenvalue weighted by Crippen LogP contribution is 2.23. The van der Waals surface area contributed by atoms with Gasteiger partial charge in [-0.2, -0.15) is 5.10 Å². The van der Waals surface area contributed by atoms with Gasteiger partial charge in [-0.05, 0) is 25.7 Å². The van der Waals surface area contributed by atoms with Crippen LogP contribution in [-0.4, -0.2) is 21.7 Å². The molecule has 102 valence electrons. The van der Waals surface area contributed by atoms with Gasteiger partial charge < -0.3 is 5.32 Å². The van der Waals surface area contributed by atoms with Crippen molar-refractivity contribution < 1.29 is 0 Å². The molecule has 1 aromatic rings. The summed E-state index contributed by atoms with van der Waals surface area (Å²) < 4.78 is 0. The Morgan fingerprint density at radius 3 is 2.39 bits per heavy atom. The van der Waals surface area contributed by atoms with Crippen LogP contribution in [0, 0.1) is 19.3 Å². The summed E-state index contributed by atoms with van der Waals surface area (Å²) in [6.45, 7) is 11.6. The van der Waals surface area contributed by atoms with Crippen LogP contribution >= 0.6 is 0 Å². The number of unbranched alkanes of at least 4 members (excludes halogenated alkanes) is 2. The molecular weight excluding hydrogens is 224 g/mol. The number of hydrogen-bond acceptors (Lipinski definition) is 4. The molecule has 4 nitrogen and oxygen atoms in total. The van der Waals surface area contributed by atoms with Crippen LogP contribution in [0.25, 0.3) is 0 Å². The summed E-state index contributed by atoms with van der Waals surface area (Å²) in [6, 6.07) is 0. The molecule has 0 spiro atoms. The molecule has 0 fully saturated rings. The van der Waals surface area contributed by atoms with Gasteiger partial charge in [0.2, 0.25) is 5.95 Å². The summed E-state index contributed by atoms with van der Waals surface area (Å²) >= 11 is 0. The first kappa shape index (κ1) is 14.9. The Morgan fingerprint density at radius 2 is 1.78 bits per heavy atom. The van der Waals surface area contributed by atoms with Gasteiger partial charge in [-0.15, -0.1) is 5.10 Å². The fourth-order valence-electron chi connectivity index (χ4n) is 1.79. The molecule has 0 saturated carbocycles. The van der Waals surface area contributed by atoms with Crippen molar-refractivity contribution in [3.05, 3.63) is 11.4 Å². The van der Waals surface area contributed by atoms with Crippen LogP contribution in [0.1, 0.15) is 57.8 Å². The predicted octanol–water partition coefficient (Wildman–Crippen LogP) is 3.51. The third-order valence-electron chi connectivity index (χ3n) is 3.27. The Balaban J connectivity index is 2.45. The Labute approximate surface area is 111 Å². The number of rotatable bonds is 7. The fourth-order valence-corrected chi connectivity index (χ4v) is 1.79. The molecule has 1 N–H and O–H groups in total. The van der Waals surface area contributed by atoms with Crippen molar-refractivity contribution in [2.75, 3.05) is 11.9 Å². The van der Waals surface area contributed by atoms with E-state index in [4.69, 9.17) is 0 Å². The zero-order valence-corrected chi connectivity index (χ0v) is 12.4. The molecular formula is C14H26N4. The summed E-state index contributed by atoms with van der Waals surface area (Å²) in [7, 11) is 0. The van der Waals surface area contributed by atoms with Gasteiger partial charge in [-0.3, -0.25) is 0 Å². The van der Waals surface area contributed by atoms with E-state index in [-0.39, 0.29) is 5.41 Å². The van der Waals surface area contributed by atoms with Crippen molar-refractivity contribution in [2.45, 2.75) is 60.3 Å². The third kappa shape index (κ3) is 4.98. The van der Waals surface area contributed by atoms with E-state index >= 15 is 0 Å². The van der Waals surface area contributed by atoms with E-state index < -0.39 is 0 Å². The molecule has 0 atom stereocenters. The molecule has 0 unspecified atom stereocenters. The van der Waals surface area contributed by atoms with Crippen molar-refractivity contribution >= 4 is 5.95 Å². The van der Waals surface area contributed by atoms with Crippen LogP contribution in [0.3, 0.4) is 0 Å². The third-order valence-corrected chi connectivity index (χ3v) is 3.27. The van der Waals surface area contributed by atoms with Crippen LogP contribution in [0.2, 0.25) is 0 Å². The van der Waals surface area contributed by atoms with Gasteiger partial charge in [0.15, 0.2) is 0 Å². The number of aryl methyl sites for hydroxylation is 2. The lowest BCUT2D eigenvalue weighted by molar-refractivity contribution is 0.341. The van der Waals surface area contributed by atoms with Crippen LogP contribution in [-0.2, 0) is 0 Å². The first-order valence-corrected chi connectivity index (χ1v) is 6.86. The first-order chi connectivity index (χ1) is 8.44. The van der Waals surface area contributed by atoms with Gasteiger partial charge in [-0.25, -0.2) is 4.98 Å². The zero-order chi connectivity index (χ0) is 13.6. The topological polar surface area (TPSA) is 50.7 Å². The van der Waals surface area contributed by atoms with E-state index in [0.717, 1.165) is 17.9 Å². The highest BCUT2D eigenvalue weighted by atomic mass is 15.2. The van der Waals surface area contributed by atoms with Crippen molar-refractivity contribution in [3.63, 3.8) is 0 Å². The van der Waals surface area contributed by atoms with Crippen molar-refractivity contribution in [1.29, 1.82) is 0 Å². The normalized spacial score (nSPS) is 11.6. The van der Waals surface area contributed by atoms with Crippen LogP contribution < -0.4 is 5.32 Å². The molecule has 0 radical (unpaired) electrons. The summed E-state index contributed by atoms with van der Waals surface area (Å²) in [5.74, 6) is 0.640. The number of hydrogen-bond donors (Lipinski definition) is 1. The molecule has 0 bridgehead atoms. The lowest BCUT2D eigenvalue weighted by Crippen LogP contribution is -2.24. The monoisotopic (exact) mass is 250 g/mol. The van der Waals surface area contributed by atoms with E-state index in [0.29, 0.717) is 5.95 Å². The average molecular weight is 250 g/mol. The molecule has 18 heavy (non-hydrogen) atoms. The van der Waals surface area contributed by atoms with Gasteiger partial charge in [0.1, 0.15) is 0 Å². The van der Waals surface area contributed by atoms with Crippen LogP contribution in [0.4, 0.5) is 5.95 Å². The maximum Gasteiger partial charge on any atom is 0.242 e. The number of aromatic nitrogens is 3. The van der Waals surface area contributed by atoms with Crippen molar-refractivity contribution in [2.24, 2.45) is 5.41 Å². The van der Waals surface area contributed by atoms with E-state index in [1.54, 1.807) is 0 Å². The molecule has 4 heteroatoms. The van der Waals surface area contributed by atoms with Gasteiger partial charge in [0, 0.05) is 6.54 Å². The second kappa shape index (κ2) is 6.66. The second-order valence-corrected chi connectivity index (χ2v) is 5.78. The van der Waals surface area contributed by atoms with Crippen molar-refractivity contribution in [1.82, 2.24) is 15.2 Å². The van der Waals surface area contributed by atoms with E-state index in [9.17, 15) is 0 Å². The predicted molar refractivity (Wildman–Crippen MR) is 75.7 cm³/mol. The Hall–Kier alpha value is -1.19. The fraction of sp³-hybridized carbons (Fsp3) is 0.786. The van der Waals surface area contributed by atoms with E-state index in [2.05, 4.69) is 41.3 Å². The van der Waals surface area contributed by atoms with E-state index in [1.165, 1.54) is 25.7 Å². The summed E-state index contributed by atoms with van der Waals surface area (Å²) in [6.07, 6.45) is 5.10. The van der Waals surface area contributed by atoms with Crippen molar-refractivity contribution in [3.8, 4) is 0 Å². The largest absolute Gasteiger partial charge is 0.352 e. The number of nitrogens with zero attached hydrogens (tertiary/aromatic N) is 3. The Bertz CT molecular complexity index is 374. The summed E-state index contributed by atoms with van der Waals surface area (Å²) in [5, 5.41) is 11.4. The SMILES string of the molecule is CCCCCC(C)(C)CNc1nnc(C)c(C)n1. The van der Waals surface area contributed by atoms with Crippen LogP contribution in [0.5, 0.6) is 0 Å². The maximum atomic E-state index is 4.39. The van der Waals surface area contributed by atoms with Crippen LogP contribution in [0.15, 0.2) is 0 Å². The molecule has 1 heterocycles. The Kier molecular flexibility index (Phi) is 5.51. The standard InChI is InChI=1S/C14H26N4/c1-6-7-8-9-14(4,5)10-15-13-16-11(2)12(3)17-18-13/h6-10H2,1-5H3,(H,15,16,18). The molecule has 0 aromatic carbocycles. The molecule has 0 aliphatic carbocycles. The molecule has 1 rings (SSSR count). The zero-order valence-electron chi connectivity index (χ0n) is 12.4. The lowest BCUT2D eigenvalue weighted by atomic mass is 9.87. The Morgan fingerprint density at radius 1 is 1.06 bits per heavy atom. The quantitative estimate of drug-likeness (QED) is 0.752. The lowest BCUT2D eigenvalue weighted by Gasteiger charge is -2.24. The molecule has 0 aliphatic heterocycles. The number of nitrogens with one attached hydrogen (secondary N) is 1. The summed E-state index contributed by atoms with van der Waals surface area (Å²) in [4.78, 5) is 4.39. The first-order valence-electron chi connectivity index (χ1n) is 6.86. The van der Waals surface area contributed by atoms with Gasteiger partial charge in [0.25, 0.3) is 0 Å². The van der Waals surface area contributed by atoms with E-state index in [1.807, 2.05) is 13.8 Å². The molecule has 1 aromatic heterocycles. The average Bonchev–Trinajstić information content (AvgIpc) is 2.31. The molecule has 0 saturated heterocycles. The minimum atomic E-state index is 0.275. The molecule has 0 amide bonds. The number of anilines is 1.